The molecule has 1 aromatic rings. The normalized spacial score (nSPS) is 14.6. The average Bonchev–Trinajstić information content (AvgIpc) is 2.70. The first kappa shape index (κ1) is 21.7. The Morgan fingerprint density at radius 1 is 1.04 bits per heavy atom. The van der Waals surface area contributed by atoms with E-state index in [0.29, 0.717) is 30.9 Å². The van der Waals surface area contributed by atoms with E-state index in [-0.39, 0.29) is 29.8 Å². The van der Waals surface area contributed by atoms with Crippen LogP contribution in [-0.4, -0.2) is 48.4 Å². The van der Waals surface area contributed by atoms with Crippen LogP contribution in [0.3, 0.4) is 0 Å². The summed E-state index contributed by atoms with van der Waals surface area (Å²) < 4.78 is 0. The van der Waals surface area contributed by atoms with E-state index >= 15 is 0 Å². The Kier molecular flexibility index (Phi) is 8.29. The number of nitrogens with one attached hydrogen (secondary N) is 3. The van der Waals surface area contributed by atoms with Gasteiger partial charge in [0.2, 0.25) is 5.91 Å². The molecule has 0 bridgehead atoms. The summed E-state index contributed by atoms with van der Waals surface area (Å²) in [6.07, 6.45) is 3.26. The van der Waals surface area contributed by atoms with Crippen LogP contribution in [0.25, 0.3) is 0 Å². The molecule has 7 nitrogen and oxygen atoms in total. The lowest BCUT2D eigenvalue weighted by atomic mass is 9.98. The van der Waals surface area contributed by atoms with Gasteiger partial charge in [0.25, 0.3) is 5.91 Å². The van der Waals surface area contributed by atoms with Crippen LogP contribution in [0.15, 0.2) is 24.3 Å². The molecular formula is C21H32N4O3. The van der Waals surface area contributed by atoms with Crippen LogP contribution in [0.1, 0.15) is 56.8 Å². The van der Waals surface area contributed by atoms with Gasteiger partial charge in [-0.05, 0) is 56.9 Å². The van der Waals surface area contributed by atoms with Gasteiger partial charge in [-0.15, -0.1) is 0 Å². The van der Waals surface area contributed by atoms with Gasteiger partial charge in [0.1, 0.15) is 0 Å². The fourth-order valence-corrected chi connectivity index (χ4v) is 3.46. The molecule has 2 rings (SSSR count). The lowest BCUT2D eigenvalue weighted by Gasteiger charge is -2.34. The van der Waals surface area contributed by atoms with E-state index in [1.165, 1.54) is 0 Å². The Bertz CT molecular complexity index is 663. The van der Waals surface area contributed by atoms with Gasteiger partial charge in [-0.25, -0.2) is 4.79 Å². The molecule has 1 saturated heterocycles. The third kappa shape index (κ3) is 5.97. The van der Waals surface area contributed by atoms with E-state index in [1.54, 1.807) is 24.3 Å². The zero-order valence-corrected chi connectivity index (χ0v) is 17.1. The molecule has 0 atom stereocenters. The number of hydrogen-bond acceptors (Lipinski definition) is 3. The summed E-state index contributed by atoms with van der Waals surface area (Å²) in [4.78, 5) is 38.4. The first-order valence-electron chi connectivity index (χ1n) is 10.2. The number of likely N-dealkylation sites (tertiary alicyclic amines) is 1. The Morgan fingerprint density at radius 2 is 1.64 bits per heavy atom. The maximum Gasteiger partial charge on any atom is 0.319 e. The number of piperidine rings is 1. The molecule has 154 valence electrons. The Morgan fingerprint density at radius 3 is 2.18 bits per heavy atom. The highest BCUT2D eigenvalue weighted by Gasteiger charge is 2.27. The molecule has 4 amide bonds. The highest BCUT2D eigenvalue weighted by atomic mass is 16.2. The van der Waals surface area contributed by atoms with Crippen LogP contribution < -0.4 is 16.0 Å². The minimum Gasteiger partial charge on any atom is -0.352 e. The first-order chi connectivity index (χ1) is 13.5. The van der Waals surface area contributed by atoms with E-state index in [9.17, 15) is 14.4 Å². The molecule has 0 aliphatic carbocycles. The molecule has 0 unspecified atom stereocenters. The maximum atomic E-state index is 12.4. The van der Waals surface area contributed by atoms with Crippen LogP contribution in [-0.2, 0) is 4.79 Å². The number of carbonyl (C=O) groups is 3. The predicted molar refractivity (Wildman–Crippen MR) is 110 cm³/mol. The second-order valence-electron chi connectivity index (χ2n) is 7.15. The number of hydrogen-bond donors (Lipinski definition) is 3. The minimum atomic E-state index is -0.268. The Hall–Kier alpha value is -2.57. The van der Waals surface area contributed by atoms with Crippen molar-refractivity contribution in [3.05, 3.63) is 29.8 Å². The van der Waals surface area contributed by atoms with Crippen LogP contribution in [0.2, 0.25) is 0 Å². The molecule has 1 aliphatic heterocycles. The molecule has 0 saturated carbocycles. The monoisotopic (exact) mass is 388 g/mol. The number of rotatable bonds is 7. The number of nitrogens with zero attached hydrogens (tertiary/aromatic N) is 1. The van der Waals surface area contributed by atoms with Crippen molar-refractivity contribution in [3.63, 3.8) is 0 Å². The van der Waals surface area contributed by atoms with Gasteiger partial charge >= 0.3 is 6.03 Å². The molecule has 7 heteroatoms. The lowest BCUT2D eigenvalue weighted by Crippen LogP contribution is -2.48. The van der Waals surface area contributed by atoms with Crippen molar-refractivity contribution in [2.75, 3.05) is 25.0 Å². The van der Waals surface area contributed by atoms with Crippen molar-refractivity contribution in [2.24, 2.45) is 5.92 Å². The van der Waals surface area contributed by atoms with Gasteiger partial charge in [-0.3, -0.25) is 9.59 Å². The first-order valence-corrected chi connectivity index (χ1v) is 10.2. The summed E-state index contributed by atoms with van der Waals surface area (Å²) in [5.41, 5.74) is 1.19. The molecule has 0 aromatic heterocycles. The largest absolute Gasteiger partial charge is 0.352 e. The fraction of sp³-hybridized carbons (Fsp3) is 0.571. The zero-order chi connectivity index (χ0) is 20.5. The third-order valence-electron chi connectivity index (χ3n) is 5.22. The van der Waals surface area contributed by atoms with Gasteiger partial charge in [0.15, 0.2) is 0 Å². The molecule has 1 fully saturated rings. The van der Waals surface area contributed by atoms with Crippen molar-refractivity contribution < 1.29 is 14.4 Å². The predicted octanol–water partition coefficient (Wildman–Crippen LogP) is 2.99. The summed E-state index contributed by atoms with van der Waals surface area (Å²) in [5, 5.41) is 8.51. The van der Waals surface area contributed by atoms with E-state index in [0.717, 1.165) is 25.7 Å². The van der Waals surface area contributed by atoms with Gasteiger partial charge in [-0.2, -0.15) is 0 Å². The molecule has 1 aliphatic rings. The minimum absolute atomic E-state index is 0.0559. The second kappa shape index (κ2) is 10.7. The van der Waals surface area contributed by atoms with E-state index in [2.05, 4.69) is 16.0 Å². The number of anilines is 1. The number of benzene rings is 1. The second-order valence-corrected chi connectivity index (χ2v) is 7.15. The van der Waals surface area contributed by atoms with Crippen molar-refractivity contribution in [3.8, 4) is 0 Å². The van der Waals surface area contributed by atoms with Crippen LogP contribution in [0, 0.1) is 5.92 Å². The summed E-state index contributed by atoms with van der Waals surface area (Å²) in [6.45, 7) is 7.90. The Labute approximate surface area is 167 Å². The molecular weight excluding hydrogens is 356 g/mol. The smallest absolute Gasteiger partial charge is 0.319 e. The van der Waals surface area contributed by atoms with Crippen LogP contribution >= 0.6 is 0 Å². The summed E-state index contributed by atoms with van der Waals surface area (Å²) in [7, 11) is 0. The van der Waals surface area contributed by atoms with Gasteiger partial charge in [0.05, 0.1) is 0 Å². The zero-order valence-electron chi connectivity index (χ0n) is 17.1. The third-order valence-corrected chi connectivity index (χ3v) is 5.22. The lowest BCUT2D eigenvalue weighted by molar-refractivity contribution is -0.136. The summed E-state index contributed by atoms with van der Waals surface area (Å²) >= 11 is 0. The van der Waals surface area contributed by atoms with Crippen LogP contribution in [0.5, 0.6) is 0 Å². The highest BCUT2D eigenvalue weighted by Crippen LogP contribution is 2.17. The molecule has 1 aromatic carbocycles. The SMILES string of the molecule is CCNC(=O)c1ccc(NC(=O)NC2CCN(C(=O)C(CC)CC)CC2)cc1. The Balaban J connectivity index is 1.78. The quantitative estimate of drug-likeness (QED) is 0.671. The molecule has 0 spiro atoms. The molecule has 1 heterocycles. The number of carbonyl (C=O) groups excluding carboxylic acids is 3. The fourth-order valence-electron chi connectivity index (χ4n) is 3.46. The summed E-state index contributed by atoms with van der Waals surface area (Å²) in [5.74, 6) is 0.212. The molecule has 0 radical (unpaired) electrons. The van der Waals surface area contributed by atoms with Crippen molar-refractivity contribution in [1.82, 2.24) is 15.5 Å². The number of amides is 4. The van der Waals surface area contributed by atoms with Crippen LogP contribution in [0.4, 0.5) is 10.5 Å². The van der Waals surface area contributed by atoms with Crippen molar-refractivity contribution in [1.29, 1.82) is 0 Å². The van der Waals surface area contributed by atoms with E-state index < -0.39 is 0 Å². The van der Waals surface area contributed by atoms with E-state index in [4.69, 9.17) is 0 Å². The van der Waals surface area contributed by atoms with Crippen molar-refractivity contribution in [2.45, 2.75) is 52.5 Å². The van der Waals surface area contributed by atoms with Crippen molar-refractivity contribution >= 4 is 23.5 Å². The standard InChI is InChI=1S/C21H32N4O3/c1-4-15(5-2)20(27)25-13-11-18(12-14-25)24-21(28)23-17-9-7-16(8-10-17)19(26)22-6-3/h7-10,15,18H,4-6,11-14H2,1-3H3,(H,22,26)(H2,23,24,28). The average molecular weight is 389 g/mol. The van der Waals surface area contributed by atoms with E-state index in [1.807, 2.05) is 25.7 Å². The topological polar surface area (TPSA) is 90.5 Å². The van der Waals surface area contributed by atoms with Gasteiger partial charge in [0, 0.05) is 42.8 Å². The van der Waals surface area contributed by atoms with Gasteiger partial charge < -0.3 is 20.9 Å². The molecule has 28 heavy (non-hydrogen) atoms. The summed E-state index contributed by atoms with van der Waals surface area (Å²) in [6, 6.07) is 6.57. The highest BCUT2D eigenvalue weighted by molar-refractivity contribution is 5.95. The maximum absolute atomic E-state index is 12.4. The number of urea groups is 1. The molecule has 3 N–H and O–H groups in total. The van der Waals surface area contributed by atoms with Gasteiger partial charge in [-0.1, -0.05) is 13.8 Å².